The van der Waals surface area contributed by atoms with Crippen LogP contribution in [0, 0.1) is 11.6 Å². The maximum atomic E-state index is 15.2. The third-order valence-electron chi connectivity index (χ3n) is 5.02. The molecule has 8 nitrogen and oxygen atoms in total. The number of hydrogen-bond acceptors (Lipinski definition) is 7. The van der Waals surface area contributed by atoms with Gasteiger partial charge in [-0.05, 0) is 42.3 Å². The number of methoxy groups -OCH3 is 1. The zero-order valence-electron chi connectivity index (χ0n) is 18.3. The van der Waals surface area contributed by atoms with Gasteiger partial charge < -0.3 is 10.1 Å². The van der Waals surface area contributed by atoms with Crippen molar-refractivity contribution in [3.8, 4) is 16.9 Å². The first kappa shape index (κ1) is 23.3. The van der Waals surface area contributed by atoms with Crippen LogP contribution in [-0.2, 0) is 10.0 Å². The molecule has 0 bridgehead atoms. The number of halogens is 2. The van der Waals surface area contributed by atoms with Crippen LogP contribution in [0.3, 0.4) is 0 Å². The maximum Gasteiger partial charge on any atom is 0.232 e. The Morgan fingerprint density at radius 3 is 2.53 bits per heavy atom. The van der Waals surface area contributed by atoms with Crippen molar-refractivity contribution < 1.29 is 21.9 Å². The molecule has 0 atom stereocenters. The molecule has 2 aromatic heterocycles. The Labute approximate surface area is 195 Å². The molecule has 0 saturated carbocycles. The predicted molar refractivity (Wildman–Crippen MR) is 127 cm³/mol. The summed E-state index contributed by atoms with van der Waals surface area (Å²) in [5.74, 6) is -1.51. The molecule has 4 aromatic rings. The summed E-state index contributed by atoms with van der Waals surface area (Å²) in [6.07, 6.45) is 4.87. The number of benzene rings is 2. The van der Waals surface area contributed by atoms with Crippen molar-refractivity contribution in [2.75, 3.05) is 22.9 Å². The fourth-order valence-electron chi connectivity index (χ4n) is 3.46. The summed E-state index contributed by atoms with van der Waals surface area (Å²) < 4.78 is 61.6. The molecular formula is C23H21F2N5O3S. The van der Waals surface area contributed by atoms with Crippen molar-refractivity contribution >= 4 is 38.1 Å². The molecule has 2 N–H and O–H groups in total. The molecule has 176 valence electrons. The van der Waals surface area contributed by atoms with Crippen molar-refractivity contribution in [1.82, 2.24) is 15.0 Å². The number of rotatable bonds is 8. The number of aromatic nitrogens is 3. The monoisotopic (exact) mass is 485 g/mol. The van der Waals surface area contributed by atoms with Crippen molar-refractivity contribution in [3.05, 3.63) is 66.8 Å². The Morgan fingerprint density at radius 1 is 1.06 bits per heavy atom. The molecule has 4 rings (SSSR count). The van der Waals surface area contributed by atoms with Gasteiger partial charge in [-0.1, -0.05) is 6.92 Å². The van der Waals surface area contributed by atoms with E-state index in [1.54, 1.807) is 43.6 Å². The summed E-state index contributed by atoms with van der Waals surface area (Å²) in [6, 6.07) is 9.05. The minimum atomic E-state index is -3.77. The van der Waals surface area contributed by atoms with Gasteiger partial charge in [-0.2, -0.15) is 0 Å². The van der Waals surface area contributed by atoms with E-state index in [9.17, 15) is 12.8 Å². The highest BCUT2D eigenvalue weighted by Crippen LogP contribution is 2.37. The highest BCUT2D eigenvalue weighted by Gasteiger charge is 2.20. The van der Waals surface area contributed by atoms with Crippen LogP contribution in [0.5, 0.6) is 5.75 Å². The van der Waals surface area contributed by atoms with E-state index >= 15 is 4.39 Å². The molecule has 34 heavy (non-hydrogen) atoms. The SMILES string of the molecule is CCCS(=O)(=O)Nc1ccc(F)c(Nc2ncnc3cc(OC)c(-c4ccncc4)cc23)c1F. The van der Waals surface area contributed by atoms with Gasteiger partial charge >= 0.3 is 0 Å². The van der Waals surface area contributed by atoms with Crippen LogP contribution in [0.25, 0.3) is 22.0 Å². The summed E-state index contributed by atoms with van der Waals surface area (Å²) in [5.41, 5.74) is 1.09. The lowest BCUT2D eigenvalue weighted by Crippen LogP contribution is -2.17. The van der Waals surface area contributed by atoms with E-state index in [0.29, 0.717) is 28.6 Å². The molecule has 0 spiro atoms. The second-order valence-electron chi connectivity index (χ2n) is 7.36. The van der Waals surface area contributed by atoms with Crippen molar-refractivity contribution in [1.29, 1.82) is 0 Å². The number of ether oxygens (including phenoxy) is 1. The highest BCUT2D eigenvalue weighted by atomic mass is 32.2. The largest absolute Gasteiger partial charge is 0.496 e. The van der Waals surface area contributed by atoms with E-state index in [-0.39, 0.29) is 17.3 Å². The van der Waals surface area contributed by atoms with Gasteiger partial charge in [0.25, 0.3) is 0 Å². The summed E-state index contributed by atoms with van der Waals surface area (Å²) in [5, 5.41) is 3.15. The zero-order chi connectivity index (χ0) is 24.3. The number of nitrogens with zero attached hydrogens (tertiary/aromatic N) is 3. The molecule has 2 aromatic carbocycles. The van der Waals surface area contributed by atoms with Crippen molar-refractivity contribution in [2.45, 2.75) is 13.3 Å². The van der Waals surface area contributed by atoms with E-state index in [2.05, 4.69) is 25.0 Å². The molecule has 0 aliphatic heterocycles. The van der Waals surface area contributed by atoms with Gasteiger partial charge in [0.05, 0.1) is 24.1 Å². The van der Waals surface area contributed by atoms with E-state index < -0.39 is 27.3 Å². The van der Waals surface area contributed by atoms with Crippen LogP contribution >= 0.6 is 0 Å². The first-order valence-corrected chi connectivity index (χ1v) is 12.0. The van der Waals surface area contributed by atoms with Crippen molar-refractivity contribution in [2.24, 2.45) is 0 Å². The Balaban J connectivity index is 1.80. The van der Waals surface area contributed by atoms with Gasteiger partial charge in [-0.25, -0.2) is 27.2 Å². The maximum absolute atomic E-state index is 15.2. The second kappa shape index (κ2) is 9.56. The van der Waals surface area contributed by atoms with Crippen molar-refractivity contribution in [3.63, 3.8) is 0 Å². The number of fused-ring (bicyclic) bond motifs is 1. The molecule has 0 unspecified atom stereocenters. The van der Waals surface area contributed by atoms with Gasteiger partial charge in [-0.15, -0.1) is 0 Å². The number of nitrogens with one attached hydrogen (secondary N) is 2. The van der Waals surface area contributed by atoms with Crippen LogP contribution in [-0.4, -0.2) is 36.2 Å². The third kappa shape index (κ3) is 4.74. The topological polar surface area (TPSA) is 106 Å². The summed E-state index contributed by atoms with van der Waals surface area (Å²) in [4.78, 5) is 12.4. The van der Waals surface area contributed by atoms with Crippen LogP contribution in [0.4, 0.5) is 26.0 Å². The minimum Gasteiger partial charge on any atom is -0.496 e. The van der Waals surface area contributed by atoms with E-state index in [1.807, 2.05) is 0 Å². The van der Waals surface area contributed by atoms with Gasteiger partial charge in [-0.3, -0.25) is 9.71 Å². The molecule has 11 heteroatoms. The molecular weight excluding hydrogens is 464 g/mol. The van der Waals surface area contributed by atoms with Crippen LogP contribution < -0.4 is 14.8 Å². The van der Waals surface area contributed by atoms with E-state index in [0.717, 1.165) is 17.7 Å². The van der Waals surface area contributed by atoms with Gasteiger partial charge in [0, 0.05) is 29.4 Å². The van der Waals surface area contributed by atoms with E-state index in [4.69, 9.17) is 4.74 Å². The molecule has 2 heterocycles. The predicted octanol–water partition coefficient (Wildman–Crippen LogP) is 4.87. The number of hydrogen-bond donors (Lipinski definition) is 2. The average Bonchev–Trinajstić information content (AvgIpc) is 2.83. The fraction of sp³-hybridized carbons (Fsp3) is 0.174. The molecule has 0 saturated heterocycles. The Bertz CT molecular complexity index is 1450. The zero-order valence-corrected chi connectivity index (χ0v) is 19.2. The fourth-order valence-corrected chi connectivity index (χ4v) is 4.59. The molecule has 0 aliphatic carbocycles. The smallest absolute Gasteiger partial charge is 0.232 e. The highest BCUT2D eigenvalue weighted by molar-refractivity contribution is 7.92. The second-order valence-corrected chi connectivity index (χ2v) is 9.20. The third-order valence-corrected chi connectivity index (χ3v) is 6.50. The standard InChI is InChI=1S/C23H21F2N5O3S/c1-3-10-34(31,32)30-18-5-4-17(24)22(21(18)25)29-23-16-11-15(14-6-8-26-9-7-14)20(33-2)12-19(16)27-13-28-23/h4-9,11-13,30H,3,10H2,1-2H3,(H,27,28,29). The summed E-state index contributed by atoms with van der Waals surface area (Å²) in [7, 11) is -2.24. The van der Waals surface area contributed by atoms with Crippen LogP contribution in [0.1, 0.15) is 13.3 Å². The first-order valence-electron chi connectivity index (χ1n) is 10.3. The molecule has 0 radical (unpaired) electrons. The lowest BCUT2D eigenvalue weighted by Gasteiger charge is -2.15. The Hall–Kier alpha value is -3.86. The summed E-state index contributed by atoms with van der Waals surface area (Å²) in [6.45, 7) is 1.68. The van der Waals surface area contributed by atoms with Gasteiger partial charge in [0.2, 0.25) is 10.0 Å². The molecule has 0 aliphatic rings. The van der Waals surface area contributed by atoms with Gasteiger partial charge in [0.15, 0.2) is 5.82 Å². The summed E-state index contributed by atoms with van der Waals surface area (Å²) >= 11 is 0. The molecule has 0 fully saturated rings. The molecule has 0 amide bonds. The average molecular weight is 486 g/mol. The number of sulfonamides is 1. The first-order chi connectivity index (χ1) is 16.3. The quantitative estimate of drug-likeness (QED) is 0.367. The number of anilines is 3. The lowest BCUT2D eigenvalue weighted by atomic mass is 10.0. The van der Waals surface area contributed by atoms with Crippen LogP contribution in [0.15, 0.2) is 55.1 Å². The normalized spacial score (nSPS) is 11.4. The van der Waals surface area contributed by atoms with Gasteiger partial charge in [0.1, 0.15) is 29.4 Å². The Kier molecular flexibility index (Phi) is 6.55. The van der Waals surface area contributed by atoms with E-state index in [1.165, 1.54) is 13.4 Å². The lowest BCUT2D eigenvalue weighted by molar-refractivity contribution is 0.417. The van der Waals surface area contributed by atoms with Crippen LogP contribution in [0.2, 0.25) is 0 Å². The number of pyridine rings is 1. The Morgan fingerprint density at radius 2 is 1.82 bits per heavy atom. The minimum absolute atomic E-state index is 0.134.